The Kier molecular flexibility index (Phi) is 4.04. The quantitative estimate of drug-likeness (QED) is 0.768. The molecule has 0 spiro atoms. The van der Waals surface area contributed by atoms with Crippen LogP contribution in [0.3, 0.4) is 0 Å². The Bertz CT molecular complexity index is 832. The van der Waals surface area contributed by atoms with Gasteiger partial charge in [-0.2, -0.15) is 4.98 Å². The lowest BCUT2D eigenvalue weighted by Crippen LogP contribution is -2.19. The molecule has 4 rings (SSSR count). The summed E-state index contributed by atoms with van der Waals surface area (Å²) in [6, 6.07) is 13.1. The van der Waals surface area contributed by atoms with Crippen LogP contribution in [0.1, 0.15) is 18.4 Å². The smallest absolute Gasteiger partial charge is 0.262 e. The van der Waals surface area contributed by atoms with Crippen molar-refractivity contribution < 1.29 is 13.3 Å². The summed E-state index contributed by atoms with van der Waals surface area (Å²) >= 11 is 0. The monoisotopic (exact) mass is 337 g/mol. The predicted molar refractivity (Wildman–Crippen MR) is 84.8 cm³/mol. The predicted octanol–water partition coefficient (Wildman–Crippen LogP) is 3.98. The lowest BCUT2D eigenvalue weighted by Gasteiger charge is -2.04. The lowest BCUT2D eigenvalue weighted by atomic mass is 10.0. The average molecular weight is 338 g/mol. The van der Waals surface area contributed by atoms with Crippen LogP contribution in [0.2, 0.25) is 0 Å². The van der Waals surface area contributed by atoms with Gasteiger partial charge in [0.25, 0.3) is 5.92 Å². The zero-order valence-corrected chi connectivity index (χ0v) is 12.8. The largest absolute Gasteiger partial charge is 0.337 e. The van der Waals surface area contributed by atoms with Crippen molar-refractivity contribution in [1.82, 2.24) is 15.5 Å². The van der Waals surface area contributed by atoms with Gasteiger partial charge in [-0.1, -0.05) is 47.6 Å². The van der Waals surface area contributed by atoms with Gasteiger partial charge in [-0.3, -0.25) is 5.32 Å². The third kappa shape index (κ3) is 2.92. The Balaban J connectivity index is 0.00000156. The Morgan fingerprint density at radius 3 is 2.70 bits per heavy atom. The fourth-order valence-electron chi connectivity index (χ4n) is 2.80. The van der Waals surface area contributed by atoms with E-state index in [-0.39, 0.29) is 31.3 Å². The van der Waals surface area contributed by atoms with Gasteiger partial charge in [-0.05, 0) is 10.8 Å². The maximum absolute atomic E-state index is 13.3. The Morgan fingerprint density at radius 2 is 1.91 bits per heavy atom. The number of rotatable bonds is 2. The number of hydrogen-bond donors (Lipinski definition) is 1. The van der Waals surface area contributed by atoms with Crippen molar-refractivity contribution in [3.63, 3.8) is 0 Å². The minimum Gasteiger partial charge on any atom is -0.337 e. The molecule has 0 radical (unpaired) electrons. The molecule has 1 fully saturated rings. The van der Waals surface area contributed by atoms with E-state index in [1.807, 2.05) is 42.5 Å². The maximum atomic E-state index is 13.3. The van der Waals surface area contributed by atoms with Crippen LogP contribution in [0.5, 0.6) is 0 Å². The highest BCUT2D eigenvalue weighted by Crippen LogP contribution is 2.34. The summed E-state index contributed by atoms with van der Waals surface area (Å²) in [5.74, 6) is -2.09. The van der Waals surface area contributed by atoms with Crippen molar-refractivity contribution in [2.24, 2.45) is 0 Å². The molecule has 1 N–H and O–H groups in total. The lowest BCUT2D eigenvalue weighted by molar-refractivity contribution is 0.0200. The molecule has 0 amide bonds. The van der Waals surface area contributed by atoms with Gasteiger partial charge >= 0.3 is 0 Å². The number of hydrogen-bond acceptors (Lipinski definition) is 4. The first-order chi connectivity index (χ1) is 10.6. The highest BCUT2D eigenvalue weighted by atomic mass is 35.5. The molecule has 2 aromatic carbocycles. The van der Waals surface area contributed by atoms with E-state index in [9.17, 15) is 8.78 Å². The normalized spacial score (nSPS) is 19.7. The summed E-state index contributed by atoms with van der Waals surface area (Å²) in [5.41, 5.74) is 0.831. The van der Waals surface area contributed by atoms with Crippen LogP contribution in [-0.2, 0) is 0 Å². The second-order valence-corrected chi connectivity index (χ2v) is 5.48. The summed E-state index contributed by atoms with van der Waals surface area (Å²) in [6.07, 6.45) is -0.315. The topological polar surface area (TPSA) is 51.0 Å². The molecule has 1 aliphatic heterocycles. The van der Waals surface area contributed by atoms with Crippen LogP contribution in [0.15, 0.2) is 47.0 Å². The molecule has 1 unspecified atom stereocenters. The van der Waals surface area contributed by atoms with Crippen molar-refractivity contribution in [2.75, 3.05) is 6.54 Å². The SMILES string of the molecule is Cl.FC1(F)CNC(c2nc(-c3cccc4ccccc34)no2)C1. The standard InChI is InChI=1S/C16H13F2N3O.ClH/c17-16(18)8-13(19-9-16)15-20-14(21-22-15)12-7-3-5-10-4-1-2-6-11(10)12;/h1-7,13,19H,8-9H2;1H. The molecule has 1 atom stereocenters. The molecule has 7 heteroatoms. The Hall–Kier alpha value is -2.05. The number of alkyl halides is 2. The molecule has 1 saturated heterocycles. The number of aromatic nitrogens is 2. The van der Waals surface area contributed by atoms with E-state index < -0.39 is 12.0 Å². The van der Waals surface area contributed by atoms with Crippen LogP contribution in [-0.4, -0.2) is 22.6 Å². The first-order valence-electron chi connectivity index (χ1n) is 7.05. The number of nitrogens with zero attached hydrogens (tertiary/aromatic N) is 2. The van der Waals surface area contributed by atoms with Crippen LogP contribution in [0, 0.1) is 0 Å². The van der Waals surface area contributed by atoms with E-state index in [1.165, 1.54) is 0 Å². The minimum absolute atomic E-state index is 0. The van der Waals surface area contributed by atoms with Gasteiger partial charge in [0.2, 0.25) is 11.7 Å². The average Bonchev–Trinajstić information content (AvgIpc) is 3.13. The highest BCUT2D eigenvalue weighted by molar-refractivity contribution is 5.94. The molecule has 2 heterocycles. The molecule has 1 aromatic heterocycles. The summed E-state index contributed by atoms with van der Waals surface area (Å²) in [6.45, 7) is -0.357. The summed E-state index contributed by atoms with van der Waals surface area (Å²) in [7, 11) is 0. The molecule has 23 heavy (non-hydrogen) atoms. The van der Waals surface area contributed by atoms with Crippen LogP contribution in [0.25, 0.3) is 22.2 Å². The second-order valence-electron chi connectivity index (χ2n) is 5.48. The van der Waals surface area contributed by atoms with Gasteiger partial charge in [0.1, 0.15) is 0 Å². The minimum atomic E-state index is -2.72. The number of halogens is 3. The molecular formula is C16H14ClF2N3O. The molecule has 120 valence electrons. The maximum Gasteiger partial charge on any atom is 0.262 e. The van der Waals surface area contributed by atoms with Gasteiger partial charge in [0.05, 0.1) is 12.6 Å². The third-order valence-electron chi connectivity index (χ3n) is 3.88. The molecule has 4 nitrogen and oxygen atoms in total. The van der Waals surface area contributed by atoms with E-state index >= 15 is 0 Å². The molecule has 0 saturated carbocycles. The third-order valence-corrected chi connectivity index (χ3v) is 3.88. The molecule has 0 aliphatic carbocycles. The van der Waals surface area contributed by atoms with Gasteiger partial charge in [-0.15, -0.1) is 12.4 Å². The summed E-state index contributed by atoms with van der Waals surface area (Å²) < 4.78 is 31.7. The second kappa shape index (κ2) is 5.86. The zero-order chi connectivity index (χ0) is 15.2. The van der Waals surface area contributed by atoms with Crippen molar-refractivity contribution in [1.29, 1.82) is 0 Å². The Morgan fingerprint density at radius 1 is 1.13 bits per heavy atom. The molecule has 1 aliphatic rings. The summed E-state index contributed by atoms with van der Waals surface area (Å²) in [5, 5.41) is 8.75. The first kappa shape index (κ1) is 15.8. The zero-order valence-electron chi connectivity index (χ0n) is 12.0. The summed E-state index contributed by atoms with van der Waals surface area (Å²) in [4.78, 5) is 4.30. The van der Waals surface area contributed by atoms with Gasteiger partial charge in [-0.25, -0.2) is 8.78 Å². The molecular weight excluding hydrogens is 324 g/mol. The number of nitrogens with one attached hydrogen (secondary N) is 1. The van der Waals surface area contributed by atoms with E-state index in [4.69, 9.17) is 4.52 Å². The molecule has 0 bridgehead atoms. The van der Waals surface area contributed by atoms with Crippen LogP contribution in [0.4, 0.5) is 8.78 Å². The molecule has 3 aromatic rings. The van der Waals surface area contributed by atoms with E-state index in [0.29, 0.717) is 5.82 Å². The van der Waals surface area contributed by atoms with Gasteiger partial charge < -0.3 is 4.52 Å². The van der Waals surface area contributed by atoms with E-state index in [2.05, 4.69) is 15.5 Å². The fraction of sp³-hybridized carbons (Fsp3) is 0.250. The van der Waals surface area contributed by atoms with Crippen molar-refractivity contribution in [2.45, 2.75) is 18.4 Å². The first-order valence-corrected chi connectivity index (χ1v) is 7.05. The van der Waals surface area contributed by atoms with Crippen molar-refractivity contribution in [3.05, 3.63) is 48.4 Å². The van der Waals surface area contributed by atoms with Crippen molar-refractivity contribution >= 4 is 23.2 Å². The van der Waals surface area contributed by atoms with Gasteiger partial charge in [0, 0.05) is 12.0 Å². The van der Waals surface area contributed by atoms with Crippen LogP contribution >= 0.6 is 12.4 Å². The fourth-order valence-corrected chi connectivity index (χ4v) is 2.80. The Labute approximate surface area is 137 Å². The van der Waals surface area contributed by atoms with Gasteiger partial charge in [0.15, 0.2) is 0 Å². The highest BCUT2D eigenvalue weighted by Gasteiger charge is 2.42. The number of benzene rings is 2. The van der Waals surface area contributed by atoms with E-state index in [1.54, 1.807) is 0 Å². The van der Waals surface area contributed by atoms with E-state index in [0.717, 1.165) is 16.3 Å². The van der Waals surface area contributed by atoms with Crippen LogP contribution < -0.4 is 5.32 Å². The van der Waals surface area contributed by atoms with Crippen molar-refractivity contribution in [3.8, 4) is 11.4 Å². The number of fused-ring (bicyclic) bond motifs is 1.